The molecule has 0 bridgehead atoms. The van der Waals surface area contributed by atoms with Crippen LogP contribution in [0.25, 0.3) is 0 Å². The highest BCUT2D eigenvalue weighted by molar-refractivity contribution is 6.31. The number of halogens is 2. The summed E-state index contributed by atoms with van der Waals surface area (Å²) in [5.41, 5.74) is 1.50. The van der Waals surface area contributed by atoms with Gasteiger partial charge in [0.1, 0.15) is 5.69 Å². The van der Waals surface area contributed by atoms with Crippen LogP contribution in [0.15, 0.2) is 42.5 Å². The molecule has 0 atom stereocenters. The molecule has 0 aliphatic carbocycles. The summed E-state index contributed by atoms with van der Waals surface area (Å²) < 4.78 is 0. The molecule has 0 heterocycles. The molecule has 0 aliphatic heterocycles. The van der Waals surface area contributed by atoms with Gasteiger partial charge in [-0.05, 0) is 36.2 Å². The van der Waals surface area contributed by atoms with Gasteiger partial charge in [0, 0.05) is 22.7 Å². The van der Waals surface area contributed by atoms with E-state index in [0.717, 1.165) is 5.56 Å². The number of nitro benzene ring substituents is 1. The summed E-state index contributed by atoms with van der Waals surface area (Å²) in [6.07, 6.45) is 0.713. The van der Waals surface area contributed by atoms with Crippen LogP contribution in [0.4, 0.5) is 11.4 Å². The Morgan fingerprint density at radius 2 is 1.85 bits per heavy atom. The summed E-state index contributed by atoms with van der Waals surface area (Å²) in [5, 5.41) is 15.1. The van der Waals surface area contributed by atoms with Gasteiger partial charge in [0.25, 0.3) is 5.69 Å². The van der Waals surface area contributed by atoms with Gasteiger partial charge in [0.2, 0.25) is 0 Å². The number of nitrogens with one attached hydrogen (secondary N) is 1. The Morgan fingerprint density at radius 1 is 1.10 bits per heavy atom. The van der Waals surface area contributed by atoms with Crippen LogP contribution in [0.1, 0.15) is 5.56 Å². The van der Waals surface area contributed by atoms with Crippen LogP contribution in [-0.4, -0.2) is 11.5 Å². The fourth-order valence-electron chi connectivity index (χ4n) is 1.84. The third kappa shape index (κ3) is 3.85. The van der Waals surface area contributed by atoms with Crippen molar-refractivity contribution in [2.45, 2.75) is 6.42 Å². The molecule has 0 aromatic heterocycles. The van der Waals surface area contributed by atoms with Crippen LogP contribution in [0.2, 0.25) is 10.0 Å². The van der Waals surface area contributed by atoms with Crippen molar-refractivity contribution < 1.29 is 4.92 Å². The first-order chi connectivity index (χ1) is 9.56. The Hall–Kier alpha value is -1.78. The van der Waals surface area contributed by atoms with E-state index in [1.165, 1.54) is 12.1 Å². The first kappa shape index (κ1) is 14.6. The second kappa shape index (κ2) is 6.59. The minimum absolute atomic E-state index is 0.0143. The Bertz CT molecular complexity index is 632. The van der Waals surface area contributed by atoms with Gasteiger partial charge < -0.3 is 5.32 Å². The van der Waals surface area contributed by atoms with Crippen LogP contribution in [0.5, 0.6) is 0 Å². The standard InChI is InChI=1S/C14H12Cl2N2O2/c15-11-3-1-2-10(8-11)6-7-17-13-9-12(16)4-5-14(13)18(19)20/h1-5,8-9,17H,6-7H2. The fourth-order valence-corrected chi connectivity index (χ4v) is 2.23. The lowest BCUT2D eigenvalue weighted by atomic mass is 10.1. The van der Waals surface area contributed by atoms with Crippen molar-refractivity contribution in [3.63, 3.8) is 0 Å². The molecule has 2 aromatic rings. The lowest BCUT2D eigenvalue weighted by Gasteiger charge is -2.08. The minimum atomic E-state index is -0.432. The van der Waals surface area contributed by atoms with E-state index in [9.17, 15) is 10.1 Å². The second-order valence-electron chi connectivity index (χ2n) is 4.23. The van der Waals surface area contributed by atoms with E-state index in [4.69, 9.17) is 23.2 Å². The first-order valence-electron chi connectivity index (χ1n) is 5.98. The zero-order valence-corrected chi connectivity index (χ0v) is 12.0. The van der Waals surface area contributed by atoms with Crippen molar-refractivity contribution in [3.05, 3.63) is 68.2 Å². The normalized spacial score (nSPS) is 10.3. The average Bonchev–Trinajstić information content (AvgIpc) is 2.38. The molecule has 1 N–H and O–H groups in total. The topological polar surface area (TPSA) is 55.2 Å². The smallest absolute Gasteiger partial charge is 0.292 e. The zero-order valence-electron chi connectivity index (χ0n) is 10.5. The molecule has 0 saturated carbocycles. The summed E-state index contributed by atoms with van der Waals surface area (Å²) >= 11 is 11.8. The molecule has 20 heavy (non-hydrogen) atoms. The first-order valence-corrected chi connectivity index (χ1v) is 6.74. The Morgan fingerprint density at radius 3 is 2.55 bits per heavy atom. The summed E-state index contributed by atoms with van der Waals surface area (Å²) in [5.74, 6) is 0. The summed E-state index contributed by atoms with van der Waals surface area (Å²) in [6, 6.07) is 12.0. The highest BCUT2D eigenvalue weighted by atomic mass is 35.5. The molecule has 0 spiro atoms. The molecule has 0 aliphatic rings. The van der Waals surface area contributed by atoms with Gasteiger partial charge in [-0.1, -0.05) is 35.3 Å². The largest absolute Gasteiger partial charge is 0.379 e. The highest BCUT2D eigenvalue weighted by Crippen LogP contribution is 2.27. The van der Waals surface area contributed by atoms with Gasteiger partial charge in [0.15, 0.2) is 0 Å². The number of benzene rings is 2. The number of anilines is 1. The Kier molecular flexibility index (Phi) is 4.82. The molecular weight excluding hydrogens is 299 g/mol. The Balaban J connectivity index is 2.04. The molecule has 2 aromatic carbocycles. The number of nitrogens with zero attached hydrogens (tertiary/aromatic N) is 1. The van der Waals surface area contributed by atoms with Crippen molar-refractivity contribution in [1.82, 2.24) is 0 Å². The van der Waals surface area contributed by atoms with E-state index >= 15 is 0 Å². The zero-order chi connectivity index (χ0) is 14.5. The van der Waals surface area contributed by atoms with Gasteiger partial charge in [-0.3, -0.25) is 10.1 Å². The lowest BCUT2D eigenvalue weighted by molar-refractivity contribution is -0.384. The van der Waals surface area contributed by atoms with Crippen molar-refractivity contribution in [1.29, 1.82) is 0 Å². The summed E-state index contributed by atoms with van der Waals surface area (Å²) in [7, 11) is 0. The average molecular weight is 311 g/mol. The number of hydrogen-bond donors (Lipinski definition) is 1. The van der Waals surface area contributed by atoms with E-state index in [-0.39, 0.29) is 5.69 Å². The molecule has 0 fully saturated rings. The van der Waals surface area contributed by atoms with Gasteiger partial charge >= 0.3 is 0 Å². The third-order valence-electron chi connectivity index (χ3n) is 2.77. The monoisotopic (exact) mass is 310 g/mol. The molecule has 104 valence electrons. The second-order valence-corrected chi connectivity index (χ2v) is 5.10. The maximum absolute atomic E-state index is 10.9. The SMILES string of the molecule is O=[N+]([O-])c1ccc(Cl)cc1NCCc1cccc(Cl)c1. The van der Waals surface area contributed by atoms with Crippen molar-refractivity contribution in [3.8, 4) is 0 Å². The number of hydrogen-bond acceptors (Lipinski definition) is 3. The minimum Gasteiger partial charge on any atom is -0.379 e. The number of rotatable bonds is 5. The maximum Gasteiger partial charge on any atom is 0.292 e. The lowest BCUT2D eigenvalue weighted by Crippen LogP contribution is -2.06. The third-order valence-corrected chi connectivity index (χ3v) is 3.24. The fraction of sp³-hybridized carbons (Fsp3) is 0.143. The van der Waals surface area contributed by atoms with Gasteiger partial charge in [-0.25, -0.2) is 0 Å². The summed E-state index contributed by atoms with van der Waals surface area (Å²) in [4.78, 5) is 10.5. The predicted molar refractivity (Wildman–Crippen MR) is 81.8 cm³/mol. The molecule has 0 radical (unpaired) electrons. The van der Waals surface area contributed by atoms with Gasteiger partial charge in [-0.15, -0.1) is 0 Å². The molecule has 0 unspecified atom stereocenters. The van der Waals surface area contributed by atoms with Gasteiger partial charge in [-0.2, -0.15) is 0 Å². The van der Waals surface area contributed by atoms with E-state index in [1.807, 2.05) is 18.2 Å². The van der Waals surface area contributed by atoms with E-state index < -0.39 is 4.92 Å². The quantitative estimate of drug-likeness (QED) is 0.650. The molecule has 2 rings (SSSR count). The molecule has 0 saturated heterocycles. The molecule has 6 heteroatoms. The summed E-state index contributed by atoms with van der Waals surface area (Å²) in [6.45, 7) is 0.557. The van der Waals surface area contributed by atoms with E-state index in [0.29, 0.717) is 28.7 Å². The maximum atomic E-state index is 10.9. The van der Waals surface area contributed by atoms with Crippen LogP contribution < -0.4 is 5.32 Å². The van der Waals surface area contributed by atoms with E-state index in [2.05, 4.69) is 5.32 Å². The van der Waals surface area contributed by atoms with Crippen molar-refractivity contribution in [2.24, 2.45) is 0 Å². The van der Waals surface area contributed by atoms with Crippen LogP contribution in [0, 0.1) is 10.1 Å². The Labute approximate surface area is 126 Å². The number of nitro groups is 1. The van der Waals surface area contributed by atoms with E-state index in [1.54, 1.807) is 12.1 Å². The van der Waals surface area contributed by atoms with Crippen molar-refractivity contribution in [2.75, 3.05) is 11.9 Å². The van der Waals surface area contributed by atoms with Crippen molar-refractivity contribution >= 4 is 34.6 Å². The predicted octanol–water partition coefficient (Wildman–Crippen LogP) is 4.56. The highest BCUT2D eigenvalue weighted by Gasteiger charge is 2.13. The molecule has 4 nitrogen and oxygen atoms in total. The molecule has 0 amide bonds. The van der Waals surface area contributed by atoms with Crippen LogP contribution in [-0.2, 0) is 6.42 Å². The van der Waals surface area contributed by atoms with Crippen LogP contribution >= 0.6 is 23.2 Å². The van der Waals surface area contributed by atoms with Gasteiger partial charge in [0.05, 0.1) is 4.92 Å². The molecular formula is C14H12Cl2N2O2. The van der Waals surface area contributed by atoms with Crippen LogP contribution in [0.3, 0.4) is 0 Å².